The van der Waals surface area contributed by atoms with E-state index < -0.39 is 17.7 Å². The number of carbonyl (C=O) groups is 2. The summed E-state index contributed by atoms with van der Waals surface area (Å²) in [5.41, 5.74) is 5.78. The number of amides is 1. The lowest BCUT2D eigenvalue weighted by Crippen LogP contribution is -2.27. The number of carboxylic acid groups (broad SMARTS) is 1. The third kappa shape index (κ3) is 8.65. The van der Waals surface area contributed by atoms with Crippen LogP contribution in [0.15, 0.2) is 24.3 Å². The van der Waals surface area contributed by atoms with E-state index in [4.69, 9.17) is 10.8 Å². The molecular formula is C14H21NO4. The number of rotatable bonds is 2. The van der Waals surface area contributed by atoms with Crippen LogP contribution in [0.2, 0.25) is 0 Å². The maximum atomic E-state index is 10.4. The highest BCUT2D eigenvalue weighted by Gasteiger charge is 2.12. The molecule has 0 aromatic heterocycles. The summed E-state index contributed by atoms with van der Waals surface area (Å²) in [7, 11) is 0. The lowest BCUT2D eigenvalue weighted by Gasteiger charge is -2.16. The Morgan fingerprint density at radius 3 is 1.89 bits per heavy atom. The Hall–Kier alpha value is -2.04. The molecule has 0 heterocycles. The Labute approximate surface area is 113 Å². The van der Waals surface area contributed by atoms with Gasteiger partial charge in [-0.1, -0.05) is 19.1 Å². The van der Waals surface area contributed by atoms with Gasteiger partial charge in [-0.3, -0.25) is 0 Å². The molecule has 1 aromatic carbocycles. The highest BCUT2D eigenvalue weighted by atomic mass is 16.6. The first-order valence-corrected chi connectivity index (χ1v) is 5.96. The molecule has 1 rings (SSSR count). The molecule has 0 radical (unpaired) electrons. The van der Waals surface area contributed by atoms with Crippen LogP contribution >= 0.6 is 0 Å². The van der Waals surface area contributed by atoms with E-state index in [-0.39, 0.29) is 0 Å². The zero-order valence-electron chi connectivity index (χ0n) is 11.8. The smallest absolute Gasteiger partial charge is 0.405 e. The highest BCUT2D eigenvalue weighted by Crippen LogP contribution is 2.05. The van der Waals surface area contributed by atoms with Gasteiger partial charge in [0.25, 0.3) is 0 Å². The van der Waals surface area contributed by atoms with Crippen LogP contribution in [0.3, 0.4) is 0 Å². The third-order valence-corrected chi connectivity index (χ3v) is 2.02. The molecule has 0 bridgehead atoms. The number of aryl methyl sites for hydroxylation is 1. The summed E-state index contributed by atoms with van der Waals surface area (Å²) in [6.45, 7) is 7.32. The molecule has 5 nitrogen and oxygen atoms in total. The van der Waals surface area contributed by atoms with Crippen molar-refractivity contribution in [1.29, 1.82) is 0 Å². The van der Waals surface area contributed by atoms with Crippen molar-refractivity contribution < 1.29 is 19.4 Å². The Balaban J connectivity index is 0.000000362. The number of aromatic carboxylic acids is 1. The number of ether oxygens (including phenoxy) is 1. The van der Waals surface area contributed by atoms with Crippen molar-refractivity contribution in [3.63, 3.8) is 0 Å². The van der Waals surface area contributed by atoms with Crippen LogP contribution in [-0.4, -0.2) is 22.8 Å². The molecule has 0 aliphatic carbocycles. The monoisotopic (exact) mass is 267 g/mol. The van der Waals surface area contributed by atoms with Crippen molar-refractivity contribution in [3.05, 3.63) is 35.4 Å². The Morgan fingerprint density at radius 2 is 1.68 bits per heavy atom. The second-order valence-corrected chi connectivity index (χ2v) is 4.89. The highest BCUT2D eigenvalue weighted by molar-refractivity contribution is 5.87. The van der Waals surface area contributed by atoms with Crippen LogP contribution in [0, 0.1) is 0 Å². The van der Waals surface area contributed by atoms with Crippen LogP contribution in [0.1, 0.15) is 43.6 Å². The van der Waals surface area contributed by atoms with Gasteiger partial charge in [-0.15, -0.1) is 0 Å². The summed E-state index contributed by atoms with van der Waals surface area (Å²) in [6.07, 6.45) is 0.220. The first-order chi connectivity index (χ1) is 8.65. The van der Waals surface area contributed by atoms with E-state index >= 15 is 0 Å². The first-order valence-electron chi connectivity index (χ1n) is 5.96. The Bertz CT molecular complexity index is 418. The summed E-state index contributed by atoms with van der Waals surface area (Å²) in [5, 5.41) is 8.55. The van der Waals surface area contributed by atoms with Crippen molar-refractivity contribution in [2.24, 2.45) is 5.73 Å². The minimum Gasteiger partial charge on any atom is -0.478 e. The molecule has 0 unspecified atom stereocenters. The molecule has 19 heavy (non-hydrogen) atoms. The van der Waals surface area contributed by atoms with Gasteiger partial charge in [0.05, 0.1) is 5.56 Å². The molecule has 0 saturated heterocycles. The minimum absolute atomic E-state index is 0.349. The zero-order valence-corrected chi connectivity index (χ0v) is 11.8. The van der Waals surface area contributed by atoms with E-state index in [0.29, 0.717) is 5.56 Å². The molecule has 1 aromatic rings. The molecule has 0 aliphatic rings. The molecule has 5 heteroatoms. The number of primary amides is 1. The fraction of sp³-hybridized carbons (Fsp3) is 0.429. The molecule has 0 fully saturated rings. The van der Waals surface area contributed by atoms with E-state index in [2.05, 4.69) is 4.74 Å². The summed E-state index contributed by atoms with van der Waals surface area (Å²) < 4.78 is 4.58. The van der Waals surface area contributed by atoms with Crippen molar-refractivity contribution in [1.82, 2.24) is 0 Å². The van der Waals surface area contributed by atoms with E-state index in [9.17, 15) is 9.59 Å². The summed E-state index contributed by atoms with van der Waals surface area (Å²) in [6, 6.07) is 6.93. The predicted molar refractivity (Wildman–Crippen MR) is 73.2 cm³/mol. The Kier molecular flexibility index (Phi) is 6.61. The van der Waals surface area contributed by atoms with Crippen molar-refractivity contribution in [2.75, 3.05) is 0 Å². The van der Waals surface area contributed by atoms with Crippen LogP contribution in [-0.2, 0) is 11.2 Å². The van der Waals surface area contributed by atoms with Crippen molar-refractivity contribution >= 4 is 12.1 Å². The van der Waals surface area contributed by atoms with Gasteiger partial charge in [0, 0.05) is 0 Å². The van der Waals surface area contributed by atoms with E-state index in [1.165, 1.54) is 0 Å². The lowest BCUT2D eigenvalue weighted by molar-refractivity contribution is 0.0598. The molecule has 0 aliphatic heterocycles. The summed E-state index contributed by atoms with van der Waals surface area (Å²) in [4.78, 5) is 20.4. The standard InChI is InChI=1S/C9H10O2.C5H11NO2/c1-2-7-3-5-8(6-4-7)9(10)11;1-5(2,3)8-4(6)7/h3-6H,2H2,1H3,(H,10,11);1-3H3,(H2,6,7). The molecule has 106 valence electrons. The van der Waals surface area contributed by atoms with E-state index in [0.717, 1.165) is 12.0 Å². The Morgan fingerprint density at radius 1 is 1.21 bits per heavy atom. The normalized spacial score (nSPS) is 10.1. The minimum atomic E-state index is -0.868. The number of carbonyl (C=O) groups excluding carboxylic acids is 1. The maximum absolute atomic E-state index is 10.4. The molecule has 3 N–H and O–H groups in total. The van der Waals surface area contributed by atoms with Crippen molar-refractivity contribution in [2.45, 2.75) is 39.7 Å². The number of hydrogen-bond donors (Lipinski definition) is 2. The van der Waals surface area contributed by atoms with Gasteiger partial charge in [-0.05, 0) is 44.9 Å². The third-order valence-electron chi connectivity index (χ3n) is 2.02. The van der Waals surface area contributed by atoms with Crippen LogP contribution in [0.25, 0.3) is 0 Å². The van der Waals surface area contributed by atoms with Crippen LogP contribution < -0.4 is 5.73 Å². The molecule has 1 amide bonds. The molecule has 0 spiro atoms. The van der Waals surface area contributed by atoms with Gasteiger partial charge in [0.15, 0.2) is 0 Å². The molecule has 0 atom stereocenters. The fourth-order valence-electron chi connectivity index (χ4n) is 1.18. The van der Waals surface area contributed by atoms with Gasteiger partial charge in [0.1, 0.15) is 5.60 Å². The van der Waals surface area contributed by atoms with Crippen molar-refractivity contribution in [3.8, 4) is 0 Å². The van der Waals surface area contributed by atoms with E-state index in [1.807, 2.05) is 19.1 Å². The summed E-state index contributed by atoms with van der Waals surface area (Å²) >= 11 is 0. The van der Waals surface area contributed by atoms with Gasteiger partial charge >= 0.3 is 12.1 Å². The van der Waals surface area contributed by atoms with Gasteiger partial charge in [0.2, 0.25) is 0 Å². The number of nitrogens with two attached hydrogens (primary N) is 1. The largest absolute Gasteiger partial charge is 0.478 e. The average Bonchev–Trinajstić information content (AvgIpc) is 2.26. The quantitative estimate of drug-likeness (QED) is 0.862. The molecule has 0 saturated carbocycles. The van der Waals surface area contributed by atoms with Gasteiger partial charge < -0.3 is 15.6 Å². The molecular weight excluding hydrogens is 246 g/mol. The average molecular weight is 267 g/mol. The zero-order chi connectivity index (χ0) is 15.1. The predicted octanol–water partition coefficient (Wildman–Crippen LogP) is 2.83. The number of carboxylic acids is 1. The van der Waals surface area contributed by atoms with E-state index in [1.54, 1.807) is 32.9 Å². The second kappa shape index (κ2) is 7.41. The van der Waals surface area contributed by atoms with Crippen LogP contribution in [0.4, 0.5) is 4.79 Å². The summed E-state index contributed by atoms with van der Waals surface area (Å²) in [5.74, 6) is -0.868. The van der Waals surface area contributed by atoms with Gasteiger partial charge in [-0.2, -0.15) is 0 Å². The topological polar surface area (TPSA) is 89.6 Å². The van der Waals surface area contributed by atoms with Gasteiger partial charge in [-0.25, -0.2) is 9.59 Å². The first kappa shape index (κ1) is 17.0. The fourth-order valence-corrected chi connectivity index (χ4v) is 1.18. The number of hydrogen-bond acceptors (Lipinski definition) is 3. The lowest BCUT2D eigenvalue weighted by atomic mass is 10.1. The van der Waals surface area contributed by atoms with Crippen LogP contribution in [0.5, 0.6) is 0 Å². The SMILES string of the molecule is CC(C)(C)OC(N)=O.CCc1ccc(C(=O)O)cc1. The number of benzene rings is 1. The second-order valence-electron chi connectivity index (χ2n) is 4.89. The maximum Gasteiger partial charge on any atom is 0.405 e.